The van der Waals surface area contributed by atoms with Crippen LogP contribution in [-0.4, -0.2) is 11.1 Å². The molecule has 130 valence electrons. The van der Waals surface area contributed by atoms with Crippen molar-refractivity contribution in [2.75, 3.05) is 0 Å². The topological polar surface area (TPSA) is 42.1 Å². The van der Waals surface area contributed by atoms with Gasteiger partial charge in [0.15, 0.2) is 0 Å². The molecule has 25 heavy (non-hydrogen) atoms. The van der Waals surface area contributed by atoms with Gasteiger partial charge in [0.05, 0.1) is 5.56 Å². The lowest BCUT2D eigenvalue weighted by Gasteiger charge is -2.43. The zero-order valence-electron chi connectivity index (χ0n) is 14.9. The molecule has 1 N–H and O–H groups in total. The van der Waals surface area contributed by atoms with Crippen molar-refractivity contribution in [1.29, 1.82) is 0 Å². The van der Waals surface area contributed by atoms with Crippen molar-refractivity contribution in [3.05, 3.63) is 64.6 Å². The first-order chi connectivity index (χ1) is 12.2. The number of allylic oxidation sites excluding steroid dienone is 1. The van der Waals surface area contributed by atoms with Crippen LogP contribution in [0.15, 0.2) is 53.5 Å². The fourth-order valence-electron chi connectivity index (χ4n) is 4.55. The normalized spacial score (nSPS) is 28.2. The van der Waals surface area contributed by atoms with Crippen molar-refractivity contribution >= 4 is 0 Å². The summed E-state index contributed by atoms with van der Waals surface area (Å²) < 4.78 is 6.44. The summed E-state index contributed by atoms with van der Waals surface area (Å²) in [4.78, 5) is 15.7. The van der Waals surface area contributed by atoms with Crippen LogP contribution in [0, 0.1) is 11.8 Å². The van der Waals surface area contributed by atoms with Crippen molar-refractivity contribution in [3.63, 3.8) is 0 Å². The number of hydrogen-bond donors (Lipinski definition) is 1. The second-order valence-electron chi connectivity index (χ2n) is 7.44. The Morgan fingerprint density at radius 2 is 2.00 bits per heavy atom. The van der Waals surface area contributed by atoms with Crippen molar-refractivity contribution in [2.24, 2.45) is 11.8 Å². The van der Waals surface area contributed by atoms with E-state index in [2.05, 4.69) is 36.2 Å². The first kappa shape index (κ1) is 16.2. The Kier molecular flexibility index (Phi) is 4.24. The van der Waals surface area contributed by atoms with E-state index < -0.39 is 0 Å². The van der Waals surface area contributed by atoms with E-state index in [-0.39, 0.29) is 17.6 Å². The van der Waals surface area contributed by atoms with Crippen LogP contribution < -0.4 is 10.3 Å². The summed E-state index contributed by atoms with van der Waals surface area (Å²) in [5.41, 5.74) is 2.94. The highest BCUT2D eigenvalue weighted by Gasteiger charge is 2.42. The Morgan fingerprint density at radius 3 is 2.76 bits per heavy atom. The fraction of sp³-hybridized carbons (Fsp3) is 0.409. The number of aromatic nitrogens is 1. The third-order valence-corrected chi connectivity index (χ3v) is 5.76. The molecule has 4 rings (SSSR count). The van der Waals surface area contributed by atoms with Crippen LogP contribution in [-0.2, 0) is 0 Å². The third-order valence-electron chi connectivity index (χ3n) is 5.76. The molecule has 0 amide bonds. The molecule has 1 saturated carbocycles. The van der Waals surface area contributed by atoms with Gasteiger partial charge in [-0.2, -0.15) is 0 Å². The molecular weight excluding hydrogens is 310 g/mol. The molecule has 1 aliphatic heterocycles. The Bertz CT molecular complexity index is 837. The van der Waals surface area contributed by atoms with Gasteiger partial charge in [-0.15, -0.1) is 0 Å². The van der Waals surface area contributed by atoms with Crippen LogP contribution in [0.25, 0.3) is 11.1 Å². The van der Waals surface area contributed by atoms with E-state index in [1.165, 1.54) is 6.42 Å². The molecule has 1 aromatic heterocycles. The first-order valence-corrected chi connectivity index (χ1v) is 9.29. The number of ether oxygens (including phenoxy) is 1. The largest absolute Gasteiger partial charge is 0.485 e. The van der Waals surface area contributed by atoms with Crippen molar-refractivity contribution in [3.8, 4) is 16.9 Å². The van der Waals surface area contributed by atoms with Gasteiger partial charge in [0.25, 0.3) is 5.56 Å². The standard InChI is InChI=1S/C22H25NO2/c1-3-7-19-16-11-10-14(2)12-17(16)20-21(25-19)18(13-23-22(20)24)15-8-5-4-6-9-15/h3-9,13-14,16-17,19H,10-12H2,1-2H3,(H,23,24)/b7-3+. The summed E-state index contributed by atoms with van der Waals surface area (Å²) >= 11 is 0. The third kappa shape index (κ3) is 2.82. The molecule has 2 heterocycles. The lowest BCUT2D eigenvalue weighted by molar-refractivity contribution is 0.0876. The maximum atomic E-state index is 12.7. The first-order valence-electron chi connectivity index (χ1n) is 9.29. The van der Waals surface area contributed by atoms with E-state index in [0.29, 0.717) is 11.8 Å². The van der Waals surface area contributed by atoms with Gasteiger partial charge in [0.2, 0.25) is 0 Å². The average molecular weight is 335 g/mol. The number of pyridine rings is 1. The van der Waals surface area contributed by atoms with E-state index in [0.717, 1.165) is 35.3 Å². The molecule has 2 aromatic rings. The second-order valence-corrected chi connectivity index (χ2v) is 7.44. The van der Waals surface area contributed by atoms with Crippen LogP contribution in [0.4, 0.5) is 0 Å². The highest BCUT2D eigenvalue weighted by atomic mass is 16.5. The van der Waals surface area contributed by atoms with E-state index >= 15 is 0 Å². The molecule has 2 aliphatic rings. The summed E-state index contributed by atoms with van der Waals surface area (Å²) in [5.74, 6) is 2.11. The minimum atomic E-state index is 0.0118. The lowest BCUT2D eigenvalue weighted by atomic mass is 9.68. The van der Waals surface area contributed by atoms with Gasteiger partial charge >= 0.3 is 0 Å². The van der Waals surface area contributed by atoms with Gasteiger partial charge in [-0.3, -0.25) is 4.79 Å². The van der Waals surface area contributed by atoms with E-state index in [4.69, 9.17) is 4.74 Å². The molecule has 0 radical (unpaired) electrons. The Balaban J connectivity index is 1.90. The summed E-state index contributed by atoms with van der Waals surface area (Å²) in [5, 5.41) is 0. The summed E-state index contributed by atoms with van der Waals surface area (Å²) in [6.45, 7) is 4.33. The van der Waals surface area contributed by atoms with Crippen LogP contribution in [0.1, 0.15) is 44.6 Å². The van der Waals surface area contributed by atoms with Gasteiger partial charge in [-0.25, -0.2) is 0 Å². The van der Waals surface area contributed by atoms with Gasteiger partial charge < -0.3 is 9.72 Å². The molecule has 0 spiro atoms. The van der Waals surface area contributed by atoms with Crippen molar-refractivity contribution in [1.82, 2.24) is 4.98 Å². The summed E-state index contributed by atoms with van der Waals surface area (Å²) in [7, 11) is 0. The lowest BCUT2D eigenvalue weighted by Crippen LogP contribution is -2.41. The predicted octanol–water partition coefficient (Wildman–Crippen LogP) is 4.90. The molecule has 3 nitrogen and oxygen atoms in total. The summed E-state index contributed by atoms with van der Waals surface area (Å²) in [6, 6.07) is 10.2. The summed E-state index contributed by atoms with van der Waals surface area (Å²) in [6.07, 6.45) is 9.48. The van der Waals surface area contributed by atoms with Crippen LogP contribution in [0.2, 0.25) is 0 Å². The second kappa shape index (κ2) is 6.55. The molecular formula is C22H25NO2. The predicted molar refractivity (Wildman–Crippen MR) is 101 cm³/mol. The zero-order valence-corrected chi connectivity index (χ0v) is 14.9. The number of benzene rings is 1. The Hall–Kier alpha value is -2.29. The maximum Gasteiger partial charge on any atom is 0.255 e. The molecule has 3 heteroatoms. The van der Waals surface area contributed by atoms with Crippen LogP contribution in [0.3, 0.4) is 0 Å². The highest BCUT2D eigenvalue weighted by Crippen LogP contribution is 2.50. The van der Waals surface area contributed by atoms with E-state index in [1.54, 1.807) is 6.20 Å². The molecule has 0 saturated heterocycles. The number of rotatable bonds is 2. The number of fused-ring (bicyclic) bond motifs is 3. The Morgan fingerprint density at radius 1 is 1.20 bits per heavy atom. The molecule has 4 unspecified atom stereocenters. The maximum absolute atomic E-state index is 12.7. The number of hydrogen-bond acceptors (Lipinski definition) is 2. The van der Waals surface area contributed by atoms with Gasteiger partial charge in [0, 0.05) is 17.7 Å². The fourth-order valence-corrected chi connectivity index (χ4v) is 4.55. The van der Waals surface area contributed by atoms with Gasteiger partial charge in [-0.05, 0) is 43.2 Å². The number of nitrogens with one attached hydrogen (secondary N) is 1. The minimum Gasteiger partial charge on any atom is -0.485 e. The molecule has 0 bridgehead atoms. The number of aromatic amines is 1. The van der Waals surface area contributed by atoms with E-state index in [9.17, 15) is 4.79 Å². The number of H-pyrrole nitrogens is 1. The van der Waals surface area contributed by atoms with Gasteiger partial charge in [-0.1, -0.05) is 49.8 Å². The smallest absolute Gasteiger partial charge is 0.255 e. The van der Waals surface area contributed by atoms with Crippen molar-refractivity contribution in [2.45, 2.75) is 45.1 Å². The van der Waals surface area contributed by atoms with Crippen LogP contribution in [0.5, 0.6) is 5.75 Å². The monoisotopic (exact) mass is 335 g/mol. The molecule has 1 fully saturated rings. The van der Waals surface area contributed by atoms with Gasteiger partial charge in [0.1, 0.15) is 11.9 Å². The average Bonchev–Trinajstić information content (AvgIpc) is 2.62. The molecule has 1 aliphatic carbocycles. The quantitative estimate of drug-likeness (QED) is 0.793. The van der Waals surface area contributed by atoms with E-state index in [1.807, 2.05) is 25.1 Å². The zero-order chi connectivity index (χ0) is 17.4. The molecule has 4 atom stereocenters. The Labute approximate surface area is 148 Å². The SMILES string of the molecule is C/C=C/C1Oc2c(-c3ccccc3)c[nH]c(=O)c2C2CC(C)CCC12. The van der Waals surface area contributed by atoms with Crippen LogP contribution >= 0.6 is 0 Å². The highest BCUT2D eigenvalue weighted by molar-refractivity contribution is 5.72. The molecule has 1 aromatic carbocycles. The van der Waals surface area contributed by atoms with Crippen molar-refractivity contribution < 1.29 is 4.74 Å². The minimum absolute atomic E-state index is 0.0118.